The van der Waals surface area contributed by atoms with Crippen molar-refractivity contribution in [2.45, 2.75) is 19.3 Å². The second-order valence-corrected chi connectivity index (χ2v) is 4.43. The summed E-state index contributed by atoms with van der Waals surface area (Å²) >= 11 is 0. The Morgan fingerprint density at radius 3 is 2.65 bits per heavy atom. The summed E-state index contributed by atoms with van der Waals surface area (Å²) in [5.74, 6) is 0.820. The van der Waals surface area contributed by atoms with Gasteiger partial charge in [0, 0.05) is 14.2 Å². The topological polar surface area (TPSA) is 66.0 Å². The molecule has 1 aliphatic rings. The van der Waals surface area contributed by atoms with Gasteiger partial charge in [-0.3, -0.25) is 4.79 Å². The van der Waals surface area contributed by atoms with E-state index in [9.17, 15) is 4.79 Å². The van der Waals surface area contributed by atoms with Crippen molar-refractivity contribution < 1.29 is 23.7 Å². The van der Waals surface area contributed by atoms with Gasteiger partial charge < -0.3 is 24.3 Å². The molecular weight excluding hydrogens is 262 g/mol. The average molecular weight is 281 g/mol. The van der Waals surface area contributed by atoms with Gasteiger partial charge in [0.2, 0.25) is 0 Å². The number of nitrogens with one attached hydrogen (secondary N) is 1. The fourth-order valence-corrected chi connectivity index (χ4v) is 2.11. The molecule has 0 radical (unpaired) electrons. The van der Waals surface area contributed by atoms with Gasteiger partial charge in [0.25, 0.3) is 5.91 Å². The normalized spacial score (nSPS) is 15.0. The number of carbonyl (C=O) groups is 1. The zero-order valence-electron chi connectivity index (χ0n) is 11.8. The molecule has 1 amide bonds. The first-order valence-electron chi connectivity index (χ1n) is 6.42. The molecule has 0 saturated heterocycles. The highest BCUT2D eigenvalue weighted by Gasteiger charge is 2.24. The molecule has 6 nitrogen and oxygen atoms in total. The number of carbonyl (C=O) groups excluding carboxylic acids is 1. The van der Waals surface area contributed by atoms with E-state index in [4.69, 9.17) is 18.9 Å². The average Bonchev–Trinajstić information content (AvgIpc) is 2.47. The third-order valence-electron chi connectivity index (χ3n) is 3.04. The van der Waals surface area contributed by atoms with Crippen molar-refractivity contribution in [3.63, 3.8) is 0 Å². The second-order valence-electron chi connectivity index (χ2n) is 4.43. The molecule has 6 heteroatoms. The predicted molar refractivity (Wildman–Crippen MR) is 72.2 cm³/mol. The van der Waals surface area contributed by atoms with Gasteiger partial charge in [-0.15, -0.1) is 0 Å². The monoisotopic (exact) mass is 281 g/mol. The Morgan fingerprint density at radius 1 is 1.25 bits per heavy atom. The highest BCUT2D eigenvalue weighted by molar-refractivity contribution is 5.98. The second kappa shape index (κ2) is 6.58. The van der Waals surface area contributed by atoms with Crippen molar-refractivity contribution in [3.8, 4) is 11.5 Å². The van der Waals surface area contributed by atoms with E-state index in [-0.39, 0.29) is 11.9 Å². The first-order valence-corrected chi connectivity index (χ1v) is 6.42. The van der Waals surface area contributed by atoms with E-state index in [2.05, 4.69) is 5.32 Å². The summed E-state index contributed by atoms with van der Waals surface area (Å²) in [6.45, 7) is 2.73. The van der Waals surface area contributed by atoms with E-state index in [0.717, 1.165) is 0 Å². The Morgan fingerprint density at radius 2 is 1.95 bits per heavy atom. The lowest BCUT2D eigenvalue weighted by Gasteiger charge is -2.24. The number of benzene rings is 1. The van der Waals surface area contributed by atoms with Gasteiger partial charge in [0.05, 0.1) is 11.6 Å². The van der Waals surface area contributed by atoms with Gasteiger partial charge in [0.1, 0.15) is 13.2 Å². The van der Waals surface area contributed by atoms with Crippen molar-refractivity contribution >= 4 is 5.91 Å². The Bertz CT molecular complexity index is 473. The van der Waals surface area contributed by atoms with E-state index < -0.39 is 6.29 Å². The minimum atomic E-state index is -0.504. The molecule has 1 aliphatic heterocycles. The number of ether oxygens (including phenoxy) is 4. The summed E-state index contributed by atoms with van der Waals surface area (Å²) in [5, 5.41) is 2.82. The number of hydrogen-bond acceptors (Lipinski definition) is 5. The number of amides is 1. The summed E-state index contributed by atoms with van der Waals surface area (Å²) in [7, 11) is 3.05. The van der Waals surface area contributed by atoms with E-state index >= 15 is 0 Å². The lowest BCUT2D eigenvalue weighted by molar-refractivity contribution is -0.117. The third-order valence-corrected chi connectivity index (χ3v) is 3.04. The van der Waals surface area contributed by atoms with Crippen LogP contribution in [0.3, 0.4) is 0 Å². The van der Waals surface area contributed by atoms with Gasteiger partial charge in [-0.1, -0.05) is 6.07 Å². The molecule has 0 aliphatic carbocycles. The van der Waals surface area contributed by atoms with Gasteiger partial charge in [0.15, 0.2) is 17.8 Å². The summed E-state index contributed by atoms with van der Waals surface area (Å²) in [4.78, 5) is 12.3. The van der Waals surface area contributed by atoms with Gasteiger partial charge in [-0.2, -0.15) is 0 Å². The fraction of sp³-hybridized carbons (Fsp3) is 0.500. The number of hydrogen-bond donors (Lipinski definition) is 1. The van der Waals surface area contributed by atoms with Crippen LogP contribution in [-0.4, -0.2) is 45.7 Å². The maximum Gasteiger partial charge on any atom is 0.255 e. The maximum absolute atomic E-state index is 12.3. The molecule has 0 aromatic heterocycles. The van der Waals surface area contributed by atoms with Crippen LogP contribution >= 0.6 is 0 Å². The molecule has 0 saturated carbocycles. The van der Waals surface area contributed by atoms with Crippen molar-refractivity contribution in [1.29, 1.82) is 0 Å². The van der Waals surface area contributed by atoms with Crippen LogP contribution in [0, 0.1) is 0 Å². The van der Waals surface area contributed by atoms with Crippen LogP contribution in [0.1, 0.15) is 17.3 Å². The predicted octanol–water partition coefficient (Wildman–Crippen LogP) is 1.19. The number of fused-ring (bicyclic) bond motifs is 1. The smallest absolute Gasteiger partial charge is 0.255 e. The summed E-state index contributed by atoms with van der Waals surface area (Å²) < 4.78 is 21.2. The minimum absolute atomic E-state index is 0.251. The number of methoxy groups -OCH3 is 2. The van der Waals surface area contributed by atoms with Crippen molar-refractivity contribution in [3.05, 3.63) is 23.8 Å². The highest BCUT2D eigenvalue weighted by atomic mass is 16.7. The first kappa shape index (κ1) is 14.6. The maximum atomic E-state index is 12.3. The molecule has 2 rings (SSSR count). The molecule has 1 N–H and O–H groups in total. The lowest BCUT2D eigenvalue weighted by Crippen LogP contribution is -2.43. The minimum Gasteiger partial charge on any atom is -0.486 e. The third kappa shape index (κ3) is 3.02. The van der Waals surface area contributed by atoms with Crippen molar-refractivity contribution in [2.75, 3.05) is 27.4 Å². The van der Waals surface area contributed by atoms with Crippen LogP contribution in [0.25, 0.3) is 0 Å². The van der Waals surface area contributed by atoms with Crippen LogP contribution in [0.5, 0.6) is 11.5 Å². The molecule has 110 valence electrons. The zero-order chi connectivity index (χ0) is 14.5. The standard InChI is InChI=1S/C14H19NO5/c1-9(14(17-2)18-3)15-13(16)10-5-4-6-11-12(10)20-8-7-19-11/h4-6,9,14H,7-8H2,1-3H3,(H,15,16). The first-order chi connectivity index (χ1) is 9.67. The molecule has 0 fully saturated rings. The van der Waals surface area contributed by atoms with Crippen LogP contribution in [0.2, 0.25) is 0 Å². The van der Waals surface area contributed by atoms with Crippen molar-refractivity contribution in [1.82, 2.24) is 5.32 Å². The molecule has 0 spiro atoms. The van der Waals surface area contributed by atoms with Gasteiger partial charge in [-0.05, 0) is 19.1 Å². The van der Waals surface area contributed by atoms with E-state index in [1.54, 1.807) is 18.2 Å². The van der Waals surface area contributed by atoms with Crippen LogP contribution in [0.4, 0.5) is 0 Å². The summed E-state index contributed by atoms with van der Waals surface area (Å²) in [6, 6.07) is 4.95. The Hall–Kier alpha value is -1.79. The van der Waals surface area contributed by atoms with Crippen molar-refractivity contribution in [2.24, 2.45) is 0 Å². The number of para-hydroxylation sites is 1. The van der Waals surface area contributed by atoms with Gasteiger partial charge in [-0.25, -0.2) is 0 Å². The summed E-state index contributed by atoms with van der Waals surface area (Å²) in [6.07, 6.45) is -0.504. The van der Waals surface area contributed by atoms with Gasteiger partial charge >= 0.3 is 0 Å². The van der Waals surface area contributed by atoms with E-state index in [1.165, 1.54) is 14.2 Å². The quantitative estimate of drug-likeness (QED) is 0.821. The SMILES string of the molecule is COC(OC)C(C)NC(=O)c1cccc2c1OCCO2. The zero-order valence-corrected chi connectivity index (χ0v) is 11.8. The van der Waals surface area contributed by atoms with E-state index in [1.807, 2.05) is 6.92 Å². The number of rotatable bonds is 5. The van der Waals surface area contributed by atoms with E-state index in [0.29, 0.717) is 30.3 Å². The molecule has 1 aromatic carbocycles. The largest absolute Gasteiger partial charge is 0.486 e. The van der Waals surface area contributed by atoms with Crippen LogP contribution in [0.15, 0.2) is 18.2 Å². The molecule has 0 bridgehead atoms. The molecule has 1 unspecified atom stereocenters. The lowest BCUT2D eigenvalue weighted by atomic mass is 10.1. The molecule has 20 heavy (non-hydrogen) atoms. The molecule has 1 aromatic rings. The Labute approximate surface area is 118 Å². The molecule has 1 atom stereocenters. The van der Waals surface area contributed by atoms with Crippen LogP contribution < -0.4 is 14.8 Å². The van der Waals surface area contributed by atoms with Crippen LogP contribution in [-0.2, 0) is 9.47 Å². The highest BCUT2D eigenvalue weighted by Crippen LogP contribution is 2.33. The molecular formula is C14H19NO5. The Balaban J connectivity index is 2.13. The fourth-order valence-electron chi connectivity index (χ4n) is 2.11. The molecule has 1 heterocycles. The summed E-state index contributed by atoms with van der Waals surface area (Å²) in [5.41, 5.74) is 0.444. The Kier molecular flexibility index (Phi) is 4.81.